The van der Waals surface area contributed by atoms with Gasteiger partial charge in [-0.25, -0.2) is 0 Å². The summed E-state index contributed by atoms with van der Waals surface area (Å²) in [6, 6.07) is 16.1. The summed E-state index contributed by atoms with van der Waals surface area (Å²) in [7, 11) is 0. The van der Waals surface area contributed by atoms with Gasteiger partial charge in [-0.1, -0.05) is 37.3 Å². The molecule has 1 fully saturated rings. The summed E-state index contributed by atoms with van der Waals surface area (Å²) in [6.07, 6.45) is 4.54. The van der Waals surface area contributed by atoms with Crippen LogP contribution in [0.25, 0.3) is 6.08 Å². The van der Waals surface area contributed by atoms with Crippen molar-refractivity contribution in [2.75, 3.05) is 31.2 Å². The number of anilines is 1. The second-order valence-electron chi connectivity index (χ2n) is 5.94. The molecule has 1 heterocycles. The van der Waals surface area contributed by atoms with E-state index in [1.807, 2.05) is 42.5 Å². The SMILES string of the molecule is CCc1ccc(/C=C/C(=O)c2ccc(N3CCOCC3)cc2)cc1. The van der Waals surface area contributed by atoms with Gasteiger partial charge in [0.25, 0.3) is 0 Å². The lowest BCUT2D eigenvalue weighted by Crippen LogP contribution is -2.36. The Morgan fingerprint density at radius 1 is 1.04 bits per heavy atom. The zero-order valence-electron chi connectivity index (χ0n) is 14.1. The molecular formula is C21H23NO2. The normalized spacial score (nSPS) is 15.0. The summed E-state index contributed by atoms with van der Waals surface area (Å²) in [5.74, 6) is 0.0306. The molecule has 1 saturated heterocycles. The summed E-state index contributed by atoms with van der Waals surface area (Å²) in [5, 5.41) is 0. The van der Waals surface area contributed by atoms with Crippen LogP contribution in [-0.2, 0) is 11.2 Å². The third-order valence-corrected chi connectivity index (χ3v) is 4.34. The topological polar surface area (TPSA) is 29.5 Å². The van der Waals surface area contributed by atoms with Crippen LogP contribution in [0.5, 0.6) is 0 Å². The van der Waals surface area contributed by atoms with Crippen LogP contribution in [0.4, 0.5) is 5.69 Å². The maximum atomic E-state index is 12.3. The molecule has 0 aliphatic carbocycles. The average Bonchev–Trinajstić information content (AvgIpc) is 2.67. The Bertz CT molecular complexity index is 696. The van der Waals surface area contributed by atoms with Gasteiger partial charge in [0.15, 0.2) is 5.78 Å². The number of benzene rings is 2. The van der Waals surface area contributed by atoms with Crippen molar-refractivity contribution in [1.29, 1.82) is 0 Å². The highest BCUT2D eigenvalue weighted by Gasteiger charge is 2.11. The van der Waals surface area contributed by atoms with Crippen molar-refractivity contribution in [3.63, 3.8) is 0 Å². The number of carbonyl (C=O) groups is 1. The standard InChI is InChI=1S/C21H23NO2/c1-2-17-3-5-18(6-4-17)7-12-21(23)19-8-10-20(11-9-19)22-13-15-24-16-14-22/h3-12H,2,13-16H2,1H3/b12-7+. The Balaban J connectivity index is 1.64. The lowest BCUT2D eigenvalue weighted by Gasteiger charge is -2.28. The first-order valence-corrected chi connectivity index (χ1v) is 8.50. The molecule has 1 aliphatic heterocycles. The highest BCUT2D eigenvalue weighted by atomic mass is 16.5. The van der Waals surface area contributed by atoms with Crippen molar-refractivity contribution < 1.29 is 9.53 Å². The Kier molecular flexibility index (Phi) is 5.44. The minimum absolute atomic E-state index is 0.0306. The minimum Gasteiger partial charge on any atom is -0.378 e. The van der Waals surface area contributed by atoms with Gasteiger partial charge in [0.05, 0.1) is 13.2 Å². The average molecular weight is 321 g/mol. The van der Waals surface area contributed by atoms with Crippen LogP contribution in [-0.4, -0.2) is 32.1 Å². The first-order chi connectivity index (χ1) is 11.8. The van der Waals surface area contributed by atoms with Crippen LogP contribution in [0.15, 0.2) is 54.6 Å². The second-order valence-corrected chi connectivity index (χ2v) is 5.94. The van der Waals surface area contributed by atoms with Crippen LogP contribution < -0.4 is 4.90 Å². The molecule has 2 aromatic rings. The molecule has 3 rings (SSSR count). The van der Waals surface area contributed by atoms with E-state index in [4.69, 9.17) is 4.74 Å². The number of nitrogens with zero attached hydrogens (tertiary/aromatic N) is 1. The largest absolute Gasteiger partial charge is 0.378 e. The quantitative estimate of drug-likeness (QED) is 0.616. The van der Waals surface area contributed by atoms with Crippen molar-refractivity contribution in [3.05, 3.63) is 71.3 Å². The first kappa shape index (κ1) is 16.5. The lowest BCUT2D eigenvalue weighted by atomic mass is 10.1. The molecule has 1 aliphatic rings. The van der Waals surface area contributed by atoms with Gasteiger partial charge in [-0.05, 0) is 47.9 Å². The van der Waals surface area contributed by atoms with E-state index in [0.717, 1.165) is 44.0 Å². The molecule has 2 aromatic carbocycles. The zero-order valence-corrected chi connectivity index (χ0v) is 14.1. The molecule has 0 amide bonds. The van der Waals surface area contributed by atoms with Crippen molar-refractivity contribution in [2.45, 2.75) is 13.3 Å². The predicted octanol–water partition coefficient (Wildman–Crippen LogP) is 3.98. The summed E-state index contributed by atoms with van der Waals surface area (Å²) in [6.45, 7) is 5.47. The third kappa shape index (κ3) is 4.12. The van der Waals surface area contributed by atoms with Crippen LogP contribution in [0.2, 0.25) is 0 Å². The number of aryl methyl sites for hydroxylation is 1. The monoisotopic (exact) mass is 321 g/mol. The van der Waals surface area contributed by atoms with E-state index in [1.54, 1.807) is 6.08 Å². The van der Waals surface area contributed by atoms with Crippen molar-refractivity contribution >= 4 is 17.5 Å². The van der Waals surface area contributed by atoms with E-state index >= 15 is 0 Å². The molecule has 0 N–H and O–H groups in total. The van der Waals surface area contributed by atoms with E-state index in [-0.39, 0.29) is 5.78 Å². The second kappa shape index (κ2) is 7.93. The predicted molar refractivity (Wildman–Crippen MR) is 98.7 cm³/mol. The number of rotatable bonds is 5. The number of allylic oxidation sites excluding steroid dienone is 1. The van der Waals surface area contributed by atoms with Gasteiger partial charge in [0.2, 0.25) is 0 Å². The fourth-order valence-electron chi connectivity index (χ4n) is 2.79. The molecule has 0 unspecified atom stereocenters. The van der Waals surface area contributed by atoms with Gasteiger partial charge < -0.3 is 9.64 Å². The van der Waals surface area contributed by atoms with E-state index in [9.17, 15) is 4.79 Å². The molecule has 0 bridgehead atoms. The first-order valence-electron chi connectivity index (χ1n) is 8.50. The Labute approximate surface area is 143 Å². The van der Waals surface area contributed by atoms with Gasteiger partial charge in [-0.3, -0.25) is 4.79 Å². The summed E-state index contributed by atoms with van der Waals surface area (Å²) >= 11 is 0. The summed E-state index contributed by atoms with van der Waals surface area (Å²) in [4.78, 5) is 14.6. The fourth-order valence-corrected chi connectivity index (χ4v) is 2.79. The number of ether oxygens (including phenoxy) is 1. The maximum absolute atomic E-state index is 12.3. The van der Waals surface area contributed by atoms with E-state index in [1.165, 1.54) is 5.56 Å². The highest BCUT2D eigenvalue weighted by Crippen LogP contribution is 2.17. The highest BCUT2D eigenvalue weighted by molar-refractivity contribution is 6.06. The number of morpholine rings is 1. The Hall–Kier alpha value is -2.39. The van der Waals surface area contributed by atoms with Crippen LogP contribution in [0.1, 0.15) is 28.4 Å². The van der Waals surface area contributed by atoms with E-state index in [2.05, 4.69) is 24.0 Å². The summed E-state index contributed by atoms with van der Waals surface area (Å²) in [5.41, 5.74) is 4.21. The van der Waals surface area contributed by atoms with E-state index < -0.39 is 0 Å². The van der Waals surface area contributed by atoms with Gasteiger partial charge in [0.1, 0.15) is 0 Å². The van der Waals surface area contributed by atoms with Gasteiger partial charge in [0, 0.05) is 24.3 Å². The molecule has 0 saturated carbocycles. The molecule has 0 aromatic heterocycles. The Morgan fingerprint density at radius 3 is 2.33 bits per heavy atom. The smallest absolute Gasteiger partial charge is 0.185 e. The Morgan fingerprint density at radius 2 is 1.71 bits per heavy atom. The molecule has 0 radical (unpaired) electrons. The molecule has 124 valence electrons. The summed E-state index contributed by atoms with van der Waals surface area (Å²) < 4.78 is 5.37. The number of ketones is 1. The van der Waals surface area contributed by atoms with E-state index in [0.29, 0.717) is 5.56 Å². The number of hydrogen-bond donors (Lipinski definition) is 0. The van der Waals surface area contributed by atoms with Crippen molar-refractivity contribution in [2.24, 2.45) is 0 Å². The molecular weight excluding hydrogens is 298 g/mol. The fraction of sp³-hybridized carbons (Fsp3) is 0.286. The van der Waals surface area contributed by atoms with Crippen molar-refractivity contribution in [3.8, 4) is 0 Å². The molecule has 24 heavy (non-hydrogen) atoms. The minimum atomic E-state index is 0.0306. The molecule has 0 atom stereocenters. The van der Waals surface area contributed by atoms with Crippen molar-refractivity contribution in [1.82, 2.24) is 0 Å². The molecule has 3 nitrogen and oxygen atoms in total. The lowest BCUT2D eigenvalue weighted by molar-refractivity contribution is 0.104. The van der Waals surface area contributed by atoms with Gasteiger partial charge in [-0.2, -0.15) is 0 Å². The van der Waals surface area contributed by atoms with Gasteiger partial charge in [-0.15, -0.1) is 0 Å². The molecule has 0 spiro atoms. The van der Waals surface area contributed by atoms with Crippen LogP contribution in [0.3, 0.4) is 0 Å². The number of carbonyl (C=O) groups excluding carboxylic acids is 1. The third-order valence-electron chi connectivity index (χ3n) is 4.34. The maximum Gasteiger partial charge on any atom is 0.185 e. The zero-order chi connectivity index (χ0) is 16.8. The van der Waals surface area contributed by atoms with Gasteiger partial charge >= 0.3 is 0 Å². The number of hydrogen-bond acceptors (Lipinski definition) is 3. The van der Waals surface area contributed by atoms with Crippen LogP contribution in [0, 0.1) is 0 Å². The molecule has 3 heteroatoms. The van der Waals surface area contributed by atoms with Crippen LogP contribution >= 0.6 is 0 Å².